The first-order valence-electron chi connectivity index (χ1n) is 10.3. The van der Waals surface area contributed by atoms with Crippen molar-refractivity contribution in [2.24, 2.45) is 5.92 Å². The van der Waals surface area contributed by atoms with E-state index in [-0.39, 0.29) is 23.8 Å². The van der Waals surface area contributed by atoms with Gasteiger partial charge in [0.25, 0.3) is 0 Å². The zero-order valence-electron chi connectivity index (χ0n) is 18.7. The summed E-state index contributed by atoms with van der Waals surface area (Å²) >= 11 is 0. The van der Waals surface area contributed by atoms with E-state index in [0.29, 0.717) is 29.5 Å². The Labute approximate surface area is 182 Å². The molecule has 1 fully saturated rings. The third-order valence-corrected chi connectivity index (χ3v) is 5.22. The molecule has 0 spiro atoms. The molecular formula is C22H31FN6O2. The highest BCUT2D eigenvalue weighted by atomic mass is 19.1. The minimum Gasteiger partial charge on any atom is -0.444 e. The SMILES string of the molecule is C[C@@H]1C[C@@H](N(C)C(=O)OC(C)(C)C)CN(c2cc(-c3ccc(N)c(F)c3)nc(N)n2)C1. The van der Waals surface area contributed by atoms with Crippen molar-refractivity contribution in [3.63, 3.8) is 0 Å². The van der Waals surface area contributed by atoms with Gasteiger partial charge in [0.05, 0.1) is 17.4 Å². The quantitative estimate of drug-likeness (QED) is 0.717. The number of nitrogens with zero attached hydrogens (tertiary/aromatic N) is 4. The zero-order chi connectivity index (χ0) is 22.9. The normalized spacial score (nSPS) is 19.2. The molecule has 0 radical (unpaired) electrons. The summed E-state index contributed by atoms with van der Waals surface area (Å²) in [4.78, 5) is 24.9. The number of ether oxygens (including phenoxy) is 1. The third-order valence-electron chi connectivity index (χ3n) is 5.22. The number of nitrogen functional groups attached to an aromatic ring is 2. The van der Waals surface area contributed by atoms with Crippen LogP contribution in [0, 0.1) is 11.7 Å². The van der Waals surface area contributed by atoms with Crippen molar-refractivity contribution in [3.8, 4) is 11.3 Å². The van der Waals surface area contributed by atoms with Crippen LogP contribution in [0.5, 0.6) is 0 Å². The molecule has 3 rings (SSSR count). The summed E-state index contributed by atoms with van der Waals surface area (Å²) in [7, 11) is 1.76. The number of hydrogen-bond donors (Lipinski definition) is 2. The van der Waals surface area contributed by atoms with Crippen LogP contribution in [-0.4, -0.2) is 52.7 Å². The summed E-state index contributed by atoms with van der Waals surface area (Å²) in [6, 6.07) is 6.26. The first-order chi connectivity index (χ1) is 14.4. The average molecular weight is 431 g/mol. The topological polar surface area (TPSA) is 111 Å². The van der Waals surface area contributed by atoms with E-state index in [1.54, 1.807) is 24.1 Å². The van der Waals surface area contributed by atoms with E-state index in [2.05, 4.69) is 21.8 Å². The number of halogens is 1. The second-order valence-electron chi connectivity index (χ2n) is 9.20. The lowest BCUT2D eigenvalue weighted by Crippen LogP contribution is -2.52. The maximum absolute atomic E-state index is 13.9. The Bertz CT molecular complexity index is 962. The van der Waals surface area contributed by atoms with Crippen LogP contribution in [0.15, 0.2) is 24.3 Å². The predicted octanol–water partition coefficient (Wildman–Crippen LogP) is 3.53. The van der Waals surface area contributed by atoms with Crippen LogP contribution in [0.25, 0.3) is 11.3 Å². The predicted molar refractivity (Wildman–Crippen MR) is 120 cm³/mol. The van der Waals surface area contributed by atoms with Crippen LogP contribution >= 0.6 is 0 Å². The summed E-state index contributed by atoms with van der Waals surface area (Å²) in [5.41, 5.74) is 12.1. The lowest BCUT2D eigenvalue weighted by atomic mass is 9.95. The molecule has 4 N–H and O–H groups in total. The minimum atomic E-state index is -0.560. The average Bonchev–Trinajstić information content (AvgIpc) is 2.67. The molecule has 2 aromatic rings. The number of hydrogen-bond acceptors (Lipinski definition) is 7. The summed E-state index contributed by atoms with van der Waals surface area (Å²) in [5, 5.41) is 0. The fraction of sp³-hybridized carbons (Fsp3) is 0.500. The van der Waals surface area contributed by atoms with Crippen LogP contribution < -0.4 is 16.4 Å². The van der Waals surface area contributed by atoms with E-state index >= 15 is 0 Å². The molecular weight excluding hydrogens is 399 g/mol. The van der Waals surface area contributed by atoms with Crippen molar-refractivity contribution < 1.29 is 13.9 Å². The number of carbonyl (C=O) groups is 1. The maximum atomic E-state index is 13.9. The fourth-order valence-corrected chi connectivity index (χ4v) is 3.72. The molecule has 0 saturated carbocycles. The van der Waals surface area contributed by atoms with E-state index in [4.69, 9.17) is 16.2 Å². The van der Waals surface area contributed by atoms with E-state index in [0.717, 1.165) is 13.0 Å². The maximum Gasteiger partial charge on any atom is 0.410 e. The summed E-state index contributed by atoms with van der Waals surface area (Å²) in [6.45, 7) is 9.00. The van der Waals surface area contributed by atoms with Gasteiger partial charge in [-0.15, -0.1) is 0 Å². The van der Waals surface area contributed by atoms with Crippen LogP contribution in [0.3, 0.4) is 0 Å². The van der Waals surface area contributed by atoms with Crippen LogP contribution in [0.1, 0.15) is 34.1 Å². The first-order valence-corrected chi connectivity index (χ1v) is 10.3. The van der Waals surface area contributed by atoms with Gasteiger partial charge in [0, 0.05) is 31.8 Å². The molecule has 1 saturated heterocycles. The largest absolute Gasteiger partial charge is 0.444 e. The smallest absolute Gasteiger partial charge is 0.410 e. The highest BCUT2D eigenvalue weighted by Gasteiger charge is 2.32. The molecule has 0 bridgehead atoms. The minimum absolute atomic E-state index is 0.0489. The summed E-state index contributed by atoms with van der Waals surface area (Å²) in [6.07, 6.45) is 0.495. The Balaban J connectivity index is 1.85. The number of aromatic nitrogens is 2. The van der Waals surface area contributed by atoms with Gasteiger partial charge in [0.1, 0.15) is 17.2 Å². The number of anilines is 3. The summed E-state index contributed by atoms with van der Waals surface area (Å²) in [5.74, 6) is 0.535. The van der Waals surface area contributed by atoms with E-state index in [9.17, 15) is 9.18 Å². The van der Waals surface area contributed by atoms with E-state index < -0.39 is 11.4 Å². The van der Waals surface area contributed by atoms with Crippen LogP contribution in [0.4, 0.5) is 26.6 Å². The van der Waals surface area contributed by atoms with Crippen molar-refractivity contribution in [2.45, 2.75) is 45.8 Å². The molecule has 0 unspecified atom stereocenters. The van der Waals surface area contributed by atoms with E-state index in [1.807, 2.05) is 20.8 Å². The van der Waals surface area contributed by atoms with Gasteiger partial charge in [-0.25, -0.2) is 14.2 Å². The fourth-order valence-electron chi connectivity index (χ4n) is 3.72. The van der Waals surface area contributed by atoms with Crippen molar-refractivity contribution >= 4 is 23.5 Å². The van der Waals surface area contributed by atoms with Gasteiger partial charge in [-0.1, -0.05) is 13.0 Å². The van der Waals surface area contributed by atoms with Gasteiger partial charge in [-0.05, 0) is 45.2 Å². The number of likely N-dealkylation sites (N-methyl/N-ethyl adjacent to an activating group) is 1. The van der Waals surface area contributed by atoms with E-state index in [1.165, 1.54) is 12.1 Å². The molecule has 168 valence electrons. The lowest BCUT2D eigenvalue weighted by molar-refractivity contribution is 0.0195. The Morgan fingerprint density at radius 2 is 1.94 bits per heavy atom. The Kier molecular flexibility index (Phi) is 6.24. The Hall–Kier alpha value is -3.10. The summed E-state index contributed by atoms with van der Waals surface area (Å²) < 4.78 is 19.5. The second kappa shape index (κ2) is 8.56. The number of nitrogens with two attached hydrogens (primary N) is 2. The van der Waals surface area contributed by atoms with Gasteiger partial charge in [-0.2, -0.15) is 4.98 Å². The standard InChI is InChI=1S/C22H31FN6O2/c1-13-8-15(28(5)21(30)31-22(2,3)4)12-29(11-13)19-10-18(26-20(25)27-19)14-6-7-17(24)16(23)9-14/h6-7,9-10,13,15H,8,11-12,24H2,1-5H3,(H2,25,26,27)/t13-,15-/m1/s1. The van der Waals surface area contributed by atoms with Crippen LogP contribution in [0.2, 0.25) is 0 Å². The molecule has 0 aliphatic carbocycles. The Morgan fingerprint density at radius 3 is 2.58 bits per heavy atom. The van der Waals surface area contributed by atoms with Crippen LogP contribution in [-0.2, 0) is 4.74 Å². The first kappa shape index (κ1) is 22.6. The molecule has 9 heteroatoms. The number of carbonyl (C=O) groups excluding carboxylic acids is 1. The van der Waals surface area contributed by atoms with Crippen molar-refractivity contribution in [3.05, 3.63) is 30.1 Å². The molecule has 2 atom stereocenters. The molecule has 2 heterocycles. The molecule has 1 amide bonds. The number of amides is 1. The highest BCUT2D eigenvalue weighted by molar-refractivity contribution is 5.69. The van der Waals surface area contributed by atoms with Gasteiger partial charge in [0.15, 0.2) is 0 Å². The van der Waals surface area contributed by atoms with Gasteiger partial charge < -0.3 is 26.0 Å². The molecule has 1 aromatic heterocycles. The Morgan fingerprint density at radius 1 is 1.23 bits per heavy atom. The van der Waals surface area contributed by atoms with Gasteiger partial charge >= 0.3 is 6.09 Å². The van der Waals surface area contributed by atoms with Crippen molar-refractivity contribution in [1.29, 1.82) is 0 Å². The monoisotopic (exact) mass is 430 g/mol. The van der Waals surface area contributed by atoms with Gasteiger partial charge in [0.2, 0.25) is 5.95 Å². The molecule has 1 aliphatic rings. The highest BCUT2D eigenvalue weighted by Crippen LogP contribution is 2.29. The van der Waals surface area contributed by atoms with Crippen molar-refractivity contribution in [2.75, 3.05) is 36.5 Å². The number of piperidine rings is 1. The molecule has 8 nitrogen and oxygen atoms in total. The number of rotatable bonds is 3. The molecule has 1 aliphatic heterocycles. The van der Waals surface area contributed by atoms with Gasteiger partial charge in [-0.3, -0.25) is 0 Å². The molecule has 31 heavy (non-hydrogen) atoms. The second-order valence-corrected chi connectivity index (χ2v) is 9.20. The third kappa shape index (κ3) is 5.53. The zero-order valence-corrected chi connectivity index (χ0v) is 18.7. The number of benzene rings is 1. The molecule has 1 aromatic carbocycles. The lowest BCUT2D eigenvalue weighted by Gasteiger charge is -2.41. The van der Waals surface area contributed by atoms with Crippen molar-refractivity contribution in [1.82, 2.24) is 14.9 Å².